The summed E-state index contributed by atoms with van der Waals surface area (Å²) in [5.41, 5.74) is 1.51. The molecule has 0 radical (unpaired) electrons. The van der Waals surface area contributed by atoms with Crippen LogP contribution in [-0.2, 0) is 0 Å². The largest absolute Gasteiger partial charge is 0.478 e. The van der Waals surface area contributed by atoms with Crippen molar-refractivity contribution in [3.8, 4) is 0 Å². The van der Waals surface area contributed by atoms with E-state index in [1.807, 2.05) is 12.1 Å². The smallest absolute Gasteiger partial charge is 0.335 e. The maximum absolute atomic E-state index is 10.9. The number of piperazine rings is 1. The van der Waals surface area contributed by atoms with E-state index in [9.17, 15) is 4.79 Å². The van der Waals surface area contributed by atoms with Crippen LogP contribution < -0.4 is 4.90 Å². The minimum atomic E-state index is -0.859. The van der Waals surface area contributed by atoms with E-state index in [4.69, 9.17) is 5.11 Å². The summed E-state index contributed by atoms with van der Waals surface area (Å²) in [7, 11) is 2.20. The number of piperidine rings is 1. The third-order valence-corrected chi connectivity index (χ3v) is 5.21. The van der Waals surface area contributed by atoms with Crippen LogP contribution >= 0.6 is 0 Å². The Bertz CT molecular complexity index is 516. The van der Waals surface area contributed by atoms with Crippen LogP contribution in [0.1, 0.15) is 23.2 Å². The lowest BCUT2D eigenvalue weighted by Gasteiger charge is -2.38. The number of hydrogen-bond donors (Lipinski definition) is 1. The highest BCUT2D eigenvalue weighted by molar-refractivity contribution is 5.88. The predicted molar refractivity (Wildman–Crippen MR) is 92.3 cm³/mol. The number of benzene rings is 1. The third kappa shape index (κ3) is 4.24. The van der Waals surface area contributed by atoms with E-state index >= 15 is 0 Å². The Kier molecular flexibility index (Phi) is 5.18. The lowest BCUT2D eigenvalue weighted by Crippen LogP contribution is -2.47. The normalized spacial score (nSPS) is 21.5. The summed E-state index contributed by atoms with van der Waals surface area (Å²) >= 11 is 0. The van der Waals surface area contributed by atoms with Gasteiger partial charge in [-0.3, -0.25) is 0 Å². The van der Waals surface area contributed by atoms with Crippen molar-refractivity contribution in [1.29, 1.82) is 0 Å². The van der Waals surface area contributed by atoms with Crippen molar-refractivity contribution < 1.29 is 9.90 Å². The average Bonchev–Trinajstić information content (AvgIpc) is 2.58. The van der Waals surface area contributed by atoms with Gasteiger partial charge >= 0.3 is 5.97 Å². The van der Waals surface area contributed by atoms with Crippen LogP contribution in [0, 0.1) is 5.92 Å². The molecule has 23 heavy (non-hydrogen) atoms. The first-order valence-corrected chi connectivity index (χ1v) is 8.61. The van der Waals surface area contributed by atoms with Crippen molar-refractivity contribution in [2.24, 2.45) is 5.92 Å². The summed E-state index contributed by atoms with van der Waals surface area (Å²) in [4.78, 5) is 18.3. The highest BCUT2D eigenvalue weighted by Crippen LogP contribution is 2.24. The SMILES string of the molecule is CN1CCN(CC2CCN(c3ccc(C(=O)O)cc3)CC2)CC1. The van der Waals surface area contributed by atoms with Gasteiger partial charge in [0.1, 0.15) is 0 Å². The number of carboxylic acid groups (broad SMARTS) is 1. The molecule has 1 aromatic carbocycles. The molecule has 5 heteroatoms. The topological polar surface area (TPSA) is 47.0 Å². The summed E-state index contributed by atoms with van der Waals surface area (Å²) in [6.07, 6.45) is 2.46. The van der Waals surface area contributed by atoms with E-state index in [0.717, 1.165) is 24.7 Å². The van der Waals surface area contributed by atoms with Crippen molar-refractivity contribution in [1.82, 2.24) is 9.80 Å². The number of nitrogens with zero attached hydrogens (tertiary/aromatic N) is 3. The second-order valence-corrected chi connectivity index (χ2v) is 6.89. The van der Waals surface area contributed by atoms with Crippen LogP contribution in [0.15, 0.2) is 24.3 Å². The lowest BCUT2D eigenvalue weighted by molar-refractivity contribution is 0.0697. The Labute approximate surface area is 138 Å². The molecule has 126 valence electrons. The van der Waals surface area contributed by atoms with Crippen LogP contribution in [0.4, 0.5) is 5.69 Å². The van der Waals surface area contributed by atoms with E-state index in [1.54, 1.807) is 12.1 Å². The van der Waals surface area contributed by atoms with Gasteiger partial charge in [0.15, 0.2) is 0 Å². The molecule has 0 saturated carbocycles. The summed E-state index contributed by atoms with van der Waals surface area (Å²) in [6, 6.07) is 7.27. The molecule has 0 spiro atoms. The molecule has 2 aliphatic rings. The van der Waals surface area contributed by atoms with Gasteiger partial charge in [-0.1, -0.05) is 0 Å². The predicted octanol–water partition coefficient (Wildman–Crippen LogP) is 1.85. The van der Waals surface area contributed by atoms with Gasteiger partial charge in [-0.05, 0) is 50.1 Å². The van der Waals surface area contributed by atoms with Crippen LogP contribution in [0.2, 0.25) is 0 Å². The summed E-state index contributed by atoms with van der Waals surface area (Å²) in [5.74, 6) is -0.0598. The van der Waals surface area contributed by atoms with Gasteiger partial charge < -0.3 is 19.8 Å². The average molecular weight is 317 g/mol. The molecule has 1 aromatic rings. The van der Waals surface area contributed by atoms with Gasteiger partial charge in [-0.15, -0.1) is 0 Å². The zero-order valence-electron chi connectivity index (χ0n) is 13.9. The number of aromatic carboxylic acids is 1. The standard InChI is InChI=1S/C18H27N3O2/c1-19-10-12-20(13-11-19)14-15-6-8-21(9-7-15)17-4-2-16(3-5-17)18(22)23/h2-5,15H,6-14H2,1H3,(H,22,23). The first-order chi connectivity index (χ1) is 11.1. The molecule has 3 rings (SSSR count). The van der Waals surface area contributed by atoms with Gasteiger partial charge in [0, 0.05) is 51.5 Å². The van der Waals surface area contributed by atoms with Crippen LogP contribution in [-0.4, -0.2) is 73.7 Å². The van der Waals surface area contributed by atoms with Crippen molar-refractivity contribution in [3.05, 3.63) is 29.8 Å². The number of carboxylic acids is 1. The molecule has 0 amide bonds. The number of likely N-dealkylation sites (N-methyl/N-ethyl adjacent to an activating group) is 1. The van der Waals surface area contributed by atoms with Gasteiger partial charge in [0.2, 0.25) is 0 Å². The third-order valence-electron chi connectivity index (χ3n) is 5.21. The number of rotatable bonds is 4. The lowest BCUT2D eigenvalue weighted by atomic mass is 9.95. The molecule has 2 saturated heterocycles. The Balaban J connectivity index is 1.47. The maximum atomic E-state index is 10.9. The molecular weight excluding hydrogens is 290 g/mol. The fourth-order valence-electron chi connectivity index (χ4n) is 3.58. The Morgan fingerprint density at radius 3 is 2.22 bits per heavy atom. The van der Waals surface area contributed by atoms with Gasteiger partial charge in [0.25, 0.3) is 0 Å². The van der Waals surface area contributed by atoms with Crippen LogP contribution in [0.3, 0.4) is 0 Å². The molecule has 0 aromatic heterocycles. The summed E-state index contributed by atoms with van der Waals surface area (Å²) < 4.78 is 0. The second-order valence-electron chi connectivity index (χ2n) is 6.89. The summed E-state index contributed by atoms with van der Waals surface area (Å²) in [6.45, 7) is 8.17. The second kappa shape index (κ2) is 7.32. The molecule has 0 atom stereocenters. The zero-order chi connectivity index (χ0) is 16.2. The van der Waals surface area contributed by atoms with Crippen LogP contribution in [0.25, 0.3) is 0 Å². The molecule has 1 N–H and O–H groups in total. The van der Waals surface area contributed by atoms with E-state index < -0.39 is 5.97 Å². The van der Waals surface area contributed by atoms with Crippen LogP contribution in [0.5, 0.6) is 0 Å². The van der Waals surface area contributed by atoms with E-state index in [2.05, 4.69) is 21.7 Å². The van der Waals surface area contributed by atoms with Crippen molar-refractivity contribution in [2.45, 2.75) is 12.8 Å². The molecule has 0 bridgehead atoms. The Morgan fingerprint density at radius 2 is 1.65 bits per heavy atom. The monoisotopic (exact) mass is 317 g/mol. The van der Waals surface area contributed by atoms with E-state index in [0.29, 0.717) is 5.56 Å². The molecule has 0 aliphatic carbocycles. The number of anilines is 1. The van der Waals surface area contributed by atoms with Crippen molar-refractivity contribution in [2.75, 3.05) is 57.8 Å². The maximum Gasteiger partial charge on any atom is 0.335 e. The minimum absolute atomic E-state index is 0.360. The van der Waals surface area contributed by atoms with Gasteiger partial charge in [-0.2, -0.15) is 0 Å². The molecule has 0 unspecified atom stereocenters. The molecule has 5 nitrogen and oxygen atoms in total. The van der Waals surface area contributed by atoms with E-state index in [-0.39, 0.29) is 0 Å². The number of carbonyl (C=O) groups is 1. The minimum Gasteiger partial charge on any atom is -0.478 e. The van der Waals surface area contributed by atoms with Crippen molar-refractivity contribution in [3.63, 3.8) is 0 Å². The van der Waals surface area contributed by atoms with Gasteiger partial charge in [-0.25, -0.2) is 4.79 Å². The summed E-state index contributed by atoms with van der Waals surface area (Å²) in [5, 5.41) is 8.97. The molecular formula is C18H27N3O2. The van der Waals surface area contributed by atoms with E-state index in [1.165, 1.54) is 45.6 Å². The number of hydrogen-bond acceptors (Lipinski definition) is 4. The fraction of sp³-hybridized carbons (Fsp3) is 0.611. The Morgan fingerprint density at radius 1 is 1.04 bits per heavy atom. The first-order valence-electron chi connectivity index (χ1n) is 8.61. The molecule has 2 aliphatic heterocycles. The quantitative estimate of drug-likeness (QED) is 0.918. The first kappa shape index (κ1) is 16.3. The Hall–Kier alpha value is -1.59. The highest BCUT2D eigenvalue weighted by Gasteiger charge is 2.23. The van der Waals surface area contributed by atoms with Crippen molar-refractivity contribution >= 4 is 11.7 Å². The fourth-order valence-corrected chi connectivity index (χ4v) is 3.58. The molecule has 2 heterocycles. The molecule has 2 fully saturated rings. The van der Waals surface area contributed by atoms with Gasteiger partial charge in [0.05, 0.1) is 5.56 Å². The zero-order valence-corrected chi connectivity index (χ0v) is 13.9. The highest BCUT2D eigenvalue weighted by atomic mass is 16.4.